The first kappa shape index (κ1) is 26.2. The lowest BCUT2D eigenvalue weighted by atomic mass is 9.98. The zero-order valence-electron chi connectivity index (χ0n) is 23.2. The third kappa shape index (κ3) is 4.58. The van der Waals surface area contributed by atoms with Crippen LogP contribution in [0.1, 0.15) is 11.1 Å². The van der Waals surface area contributed by atoms with E-state index in [1.165, 1.54) is 82.9 Å². The van der Waals surface area contributed by atoms with E-state index in [2.05, 4.69) is 135 Å². The van der Waals surface area contributed by atoms with Gasteiger partial charge in [-0.1, -0.05) is 102 Å². The minimum Gasteiger partial charge on any atom is -0.135 e. The molecule has 0 atom stereocenters. The SMILES string of the molecule is Cc1ccccc1Sc1cccc(-c2ccc3sc4ccc(-c5cccc6c5Sc5ccccc5S6)cc4c3c2)c1C. The number of aryl methyl sites for hydroxylation is 1. The highest BCUT2D eigenvalue weighted by molar-refractivity contribution is 8.05. The van der Waals surface area contributed by atoms with Gasteiger partial charge < -0.3 is 0 Å². The van der Waals surface area contributed by atoms with E-state index in [0.29, 0.717) is 0 Å². The lowest BCUT2D eigenvalue weighted by molar-refractivity contribution is 1.16. The summed E-state index contributed by atoms with van der Waals surface area (Å²) in [4.78, 5) is 8.01. The van der Waals surface area contributed by atoms with E-state index < -0.39 is 0 Å². The molecular formula is C38H26S4. The summed E-state index contributed by atoms with van der Waals surface area (Å²) in [7, 11) is 0. The highest BCUT2D eigenvalue weighted by atomic mass is 32.2. The normalized spacial score (nSPS) is 12.4. The van der Waals surface area contributed by atoms with Gasteiger partial charge in [-0.2, -0.15) is 0 Å². The summed E-state index contributed by atoms with van der Waals surface area (Å²) in [5, 5.41) is 2.67. The molecule has 6 aromatic carbocycles. The van der Waals surface area contributed by atoms with Gasteiger partial charge in [-0.15, -0.1) is 11.3 Å². The van der Waals surface area contributed by atoms with Crippen molar-refractivity contribution in [3.63, 3.8) is 0 Å². The molecule has 202 valence electrons. The van der Waals surface area contributed by atoms with Crippen LogP contribution in [0.25, 0.3) is 42.4 Å². The summed E-state index contributed by atoms with van der Waals surface area (Å²) in [5.74, 6) is 0. The highest BCUT2D eigenvalue weighted by Crippen LogP contribution is 2.52. The van der Waals surface area contributed by atoms with Gasteiger partial charge in [0.25, 0.3) is 0 Å². The first-order valence-corrected chi connectivity index (χ1v) is 17.3. The number of benzene rings is 6. The van der Waals surface area contributed by atoms with Crippen LogP contribution in [0.15, 0.2) is 151 Å². The molecule has 0 fully saturated rings. The molecule has 0 saturated carbocycles. The number of hydrogen-bond acceptors (Lipinski definition) is 4. The molecule has 1 aliphatic heterocycles. The summed E-state index contributed by atoms with van der Waals surface area (Å²) >= 11 is 7.53. The van der Waals surface area contributed by atoms with Gasteiger partial charge in [0.1, 0.15) is 0 Å². The Morgan fingerprint density at radius 2 is 1.10 bits per heavy atom. The zero-order chi connectivity index (χ0) is 28.2. The predicted octanol–water partition coefficient (Wildman–Crippen LogP) is 12.8. The Kier molecular flexibility index (Phi) is 6.68. The Bertz CT molecular complexity index is 2150. The zero-order valence-corrected chi connectivity index (χ0v) is 26.4. The van der Waals surface area contributed by atoms with Crippen molar-refractivity contribution < 1.29 is 0 Å². The van der Waals surface area contributed by atoms with E-state index in [0.717, 1.165) is 0 Å². The second-order valence-electron chi connectivity index (χ2n) is 10.6. The molecule has 0 radical (unpaired) electrons. The van der Waals surface area contributed by atoms with E-state index in [1.54, 1.807) is 0 Å². The summed E-state index contributed by atoms with van der Waals surface area (Å²) in [6.07, 6.45) is 0. The van der Waals surface area contributed by atoms with E-state index in [9.17, 15) is 0 Å². The Hall–Kier alpha value is -3.41. The average molecular weight is 611 g/mol. The van der Waals surface area contributed by atoms with Crippen molar-refractivity contribution >= 4 is 66.8 Å². The van der Waals surface area contributed by atoms with Crippen molar-refractivity contribution in [2.24, 2.45) is 0 Å². The van der Waals surface area contributed by atoms with Crippen LogP contribution < -0.4 is 0 Å². The van der Waals surface area contributed by atoms with Crippen LogP contribution in [0.5, 0.6) is 0 Å². The standard InChI is InChI=1S/C38H26S4/c1-23-9-3-4-12-31(23)39-32-15-7-10-27(24(32)2)25-17-19-33-29(21-25)30-22-26(18-20-34(30)40-33)28-11-8-16-37-38(28)42-36-14-6-5-13-35(36)41-37/h3-22H,1-2H3. The first-order chi connectivity index (χ1) is 20.6. The van der Waals surface area contributed by atoms with E-state index in [1.807, 2.05) is 46.6 Å². The topological polar surface area (TPSA) is 0 Å². The van der Waals surface area contributed by atoms with Crippen molar-refractivity contribution in [2.75, 3.05) is 0 Å². The summed E-state index contributed by atoms with van der Waals surface area (Å²) in [6.45, 7) is 4.45. The molecule has 0 N–H and O–H groups in total. The van der Waals surface area contributed by atoms with Crippen LogP contribution in [0.4, 0.5) is 0 Å². The molecule has 7 aromatic rings. The van der Waals surface area contributed by atoms with Gasteiger partial charge in [0, 0.05) is 49.5 Å². The molecule has 1 aromatic heterocycles. The quantitative estimate of drug-likeness (QED) is 0.195. The minimum atomic E-state index is 1.28. The summed E-state index contributed by atoms with van der Waals surface area (Å²) < 4.78 is 2.67. The van der Waals surface area contributed by atoms with E-state index >= 15 is 0 Å². The van der Waals surface area contributed by atoms with Crippen LogP contribution in [0, 0.1) is 13.8 Å². The van der Waals surface area contributed by atoms with Crippen LogP contribution in [-0.4, -0.2) is 0 Å². The van der Waals surface area contributed by atoms with Gasteiger partial charge in [-0.25, -0.2) is 0 Å². The molecule has 0 nitrogen and oxygen atoms in total. The Labute approximate surface area is 263 Å². The number of thiophene rings is 1. The van der Waals surface area contributed by atoms with Crippen molar-refractivity contribution in [2.45, 2.75) is 43.2 Å². The van der Waals surface area contributed by atoms with E-state index in [-0.39, 0.29) is 0 Å². The van der Waals surface area contributed by atoms with Crippen LogP contribution in [0.3, 0.4) is 0 Å². The second kappa shape index (κ2) is 10.7. The van der Waals surface area contributed by atoms with Gasteiger partial charge in [0.05, 0.1) is 0 Å². The molecule has 0 unspecified atom stereocenters. The molecule has 42 heavy (non-hydrogen) atoms. The largest absolute Gasteiger partial charge is 0.135 e. The molecular weight excluding hydrogens is 585 g/mol. The van der Waals surface area contributed by atoms with E-state index in [4.69, 9.17) is 0 Å². The fourth-order valence-corrected chi connectivity index (χ4v) is 10.2. The van der Waals surface area contributed by atoms with Crippen molar-refractivity contribution in [3.8, 4) is 22.3 Å². The predicted molar refractivity (Wildman–Crippen MR) is 185 cm³/mol. The molecule has 8 rings (SSSR count). The maximum absolute atomic E-state index is 2.41. The molecule has 0 spiro atoms. The lowest BCUT2D eigenvalue weighted by Gasteiger charge is -2.21. The number of rotatable bonds is 4. The van der Waals surface area contributed by atoms with Crippen LogP contribution in [0.2, 0.25) is 0 Å². The molecule has 0 saturated heterocycles. The fraction of sp³-hybridized carbons (Fsp3) is 0.0526. The van der Waals surface area contributed by atoms with Gasteiger partial charge >= 0.3 is 0 Å². The number of fused-ring (bicyclic) bond motifs is 5. The fourth-order valence-electron chi connectivity index (χ4n) is 5.72. The van der Waals surface area contributed by atoms with Crippen LogP contribution in [-0.2, 0) is 0 Å². The van der Waals surface area contributed by atoms with Gasteiger partial charge in [-0.05, 0) is 102 Å². The third-order valence-corrected chi connectivity index (χ3v) is 13.1. The smallest absolute Gasteiger partial charge is 0.0355 e. The Morgan fingerprint density at radius 3 is 1.86 bits per heavy atom. The van der Waals surface area contributed by atoms with Crippen molar-refractivity contribution in [3.05, 3.63) is 132 Å². The monoisotopic (exact) mass is 610 g/mol. The molecule has 0 bridgehead atoms. The first-order valence-electron chi connectivity index (χ1n) is 14.0. The number of hydrogen-bond donors (Lipinski definition) is 0. The minimum absolute atomic E-state index is 1.28. The molecule has 0 amide bonds. The molecule has 2 heterocycles. The molecule has 1 aliphatic rings. The highest BCUT2D eigenvalue weighted by Gasteiger charge is 2.20. The lowest BCUT2D eigenvalue weighted by Crippen LogP contribution is -1.92. The molecule has 0 aliphatic carbocycles. The van der Waals surface area contributed by atoms with Crippen LogP contribution >= 0.6 is 46.6 Å². The summed E-state index contributed by atoms with van der Waals surface area (Å²) in [6, 6.07) is 44.9. The third-order valence-electron chi connectivity index (χ3n) is 7.95. The van der Waals surface area contributed by atoms with Gasteiger partial charge in [0.15, 0.2) is 0 Å². The maximum atomic E-state index is 2.41. The Balaban J connectivity index is 1.21. The summed E-state index contributed by atoms with van der Waals surface area (Å²) in [5.41, 5.74) is 7.82. The van der Waals surface area contributed by atoms with Gasteiger partial charge in [0.2, 0.25) is 0 Å². The maximum Gasteiger partial charge on any atom is 0.0355 e. The van der Waals surface area contributed by atoms with Crippen molar-refractivity contribution in [1.82, 2.24) is 0 Å². The second-order valence-corrected chi connectivity index (χ2v) is 14.9. The molecule has 4 heteroatoms. The van der Waals surface area contributed by atoms with Crippen molar-refractivity contribution in [1.29, 1.82) is 0 Å². The Morgan fingerprint density at radius 1 is 0.500 bits per heavy atom. The average Bonchev–Trinajstić information content (AvgIpc) is 3.39. The van der Waals surface area contributed by atoms with Gasteiger partial charge in [-0.3, -0.25) is 0 Å².